The highest BCUT2D eigenvalue weighted by atomic mass is 15.1. The van der Waals surface area contributed by atoms with E-state index in [0.717, 1.165) is 22.7 Å². The summed E-state index contributed by atoms with van der Waals surface area (Å²) in [6, 6.07) is 124. The molecule has 0 saturated heterocycles. The molecule has 0 bridgehead atoms. The highest BCUT2D eigenvalue weighted by Gasteiger charge is 2.53. The molecule has 0 atom stereocenters. The normalized spacial score (nSPS) is 13.7. The van der Waals surface area contributed by atoms with Crippen LogP contribution in [0.2, 0.25) is 0 Å². The fourth-order valence-electron chi connectivity index (χ4n) is 17.5. The Bertz CT molecular complexity index is 5560. The molecule has 0 N–H and O–H groups in total. The van der Waals surface area contributed by atoms with Crippen molar-refractivity contribution in [3.8, 4) is 72.4 Å². The molecule has 1 aromatic heterocycles. The number of para-hydroxylation sites is 3. The zero-order valence-electron chi connectivity index (χ0n) is 49.1. The van der Waals surface area contributed by atoms with E-state index < -0.39 is 10.8 Å². The van der Waals surface area contributed by atoms with E-state index in [0.29, 0.717) is 0 Å². The average Bonchev–Trinajstić information content (AvgIpc) is 1.52. The minimum absolute atomic E-state index is 0.503. The second-order valence-electron chi connectivity index (χ2n) is 24.8. The molecule has 2 heteroatoms. The quantitative estimate of drug-likeness (QED) is 0.151. The first kappa shape index (κ1) is 49.5. The van der Waals surface area contributed by atoms with E-state index in [4.69, 9.17) is 0 Å². The number of hydrogen-bond acceptors (Lipinski definition) is 1. The Morgan fingerprint density at radius 2 is 0.578 bits per heavy atom. The first-order valence-electron chi connectivity index (χ1n) is 31.5. The molecule has 416 valence electrons. The molecule has 0 amide bonds. The van der Waals surface area contributed by atoms with Crippen molar-refractivity contribution in [3.63, 3.8) is 0 Å². The largest absolute Gasteiger partial charge is 0.310 e. The molecule has 90 heavy (non-hydrogen) atoms. The summed E-state index contributed by atoms with van der Waals surface area (Å²) in [6.07, 6.45) is 0. The predicted octanol–water partition coefficient (Wildman–Crippen LogP) is 22.6. The Labute approximate surface area is 522 Å². The van der Waals surface area contributed by atoms with Crippen molar-refractivity contribution >= 4 is 60.4 Å². The molecule has 15 aromatic carbocycles. The summed E-state index contributed by atoms with van der Waals surface area (Å²) < 4.78 is 2.41. The Kier molecular flexibility index (Phi) is 10.2. The van der Waals surface area contributed by atoms with Gasteiger partial charge in [-0.25, -0.2) is 0 Å². The highest BCUT2D eigenvalue weighted by molar-refractivity contribution is 6.25. The number of nitrogens with zero attached hydrogens (tertiary/aromatic N) is 2. The summed E-state index contributed by atoms with van der Waals surface area (Å²) in [7, 11) is 0. The van der Waals surface area contributed by atoms with Gasteiger partial charge in [-0.15, -0.1) is 0 Å². The second kappa shape index (κ2) is 18.5. The molecule has 4 aliphatic carbocycles. The molecule has 2 nitrogen and oxygen atoms in total. The number of aromatic nitrogens is 1. The van der Waals surface area contributed by atoms with Crippen LogP contribution in [-0.2, 0) is 10.8 Å². The topological polar surface area (TPSA) is 8.17 Å². The third kappa shape index (κ3) is 6.36. The molecule has 20 rings (SSSR count). The van der Waals surface area contributed by atoms with Crippen molar-refractivity contribution in [2.24, 2.45) is 0 Å². The van der Waals surface area contributed by atoms with E-state index in [-0.39, 0.29) is 0 Å². The van der Waals surface area contributed by atoms with Gasteiger partial charge in [0, 0.05) is 33.2 Å². The number of rotatable bonds is 6. The molecule has 0 radical (unpaired) electrons. The molecular formula is C88H54N2. The van der Waals surface area contributed by atoms with Crippen LogP contribution in [0, 0.1) is 0 Å². The van der Waals surface area contributed by atoms with E-state index in [9.17, 15) is 0 Å². The number of fused-ring (bicyclic) bond motifs is 25. The van der Waals surface area contributed by atoms with E-state index in [2.05, 4.69) is 337 Å². The molecule has 4 aliphatic rings. The smallest absolute Gasteiger partial charge is 0.0725 e. The van der Waals surface area contributed by atoms with Crippen molar-refractivity contribution in [1.82, 2.24) is 4.57 Å². The van der Waals surface area contributed by atoms with Crippen LogP contribution in [0.1, 0.15) is 44.5 Å². The van der Waals surface area contributed by atoms with Gasteiger partial charge in [-0.2, -0.15) is 0 Å². The van der Waals surface area contributed by atoms with E-state index >= 15 is 0 Å². The van der Waals surface area contributed by atoms with Gasteiger partial charge in [0.15, 0.2) is 0 Å². The van der Waals surface area contributed by atoms with Crippen LogP contribution in [-0.4, -0.2) is 4.57 Å². The SMILES string of the molecule is c1ccc(N(c2ccc(-n3c4ccccc4c4ccccc43)cc2)c2cccc3c(-c4ccc5c(c4)C4(c6ccccc6-c6ccccc64)c4ccccc4-5)c4ccccc4c(-c4ccc5c(c4)C4(c6ccccc6-c6ccccc64)c4ccccc4-5)c23)cc1. The van der Waals surface area contributed by atoms with Crippen LogP contribution in [0.15, 0.2) is 328 Å². The van der Waals surface area contributed by atoms with Crippen molar-refractivity contribution in [2.45, 2.75) is 10.8 Å². The summed E-state index contributed by atoms with van der Waals surface area (Å²) in [6.45, 7) is 0. The minimum atomic E-state index is -0.521. The third-order valence-electron chi connectivity index (χ3n) is 20.8. The van der Waals surface area contributed by atoms with Gasteiger partial charge in [-0.05, 0) is 194 Å². The first-order valence-corrected chi connectivity index (χ1v) is 31.5. The number of anilines is 3. The highest BCUT2D eigenvalue weighted by Crippen LogP contribution is 2.66. The lowest BCUT2D eigenvalue weighted by Crippen LogP contribution is -2.25. The lowest BCUT2D eigenvalue weighted by Gasteiger charge is -2.32. The van der Waals surface area contributed by atoms with Crippen LogP contribution in [0.3, 0.4) is 0 Å². The molecule has 0 unspecified atom stereocenters. The molecule has 0 fully saturated rings. The monoisotopic (exact) mass is 1140 g/mol. The Morgan fingerprint density at radius 1 is 0.233 bits per heavy atom. The molecule has 1 heterocycles. The van der Waals surface area contributed by atoms with Crippen molar-refractivity contribution < 1.29 is 0 Å². The molecular weight excluding hydrogens is 1080 g/mol. The van der Waals surface area contributed by atoms with E-state index in [1.165, 1.54) is 155 Å². The zero-order valence-corrected chi connectivity index (χ0v) is 49.1. The summed E-state index contributed by atoms with van der Waals surface area (Å²) >= 11 is 0. The number of hydrogen-bond donors (Lipinski definition) is 0. The van der Waals surface area contributed by atoms with E-state index in [1.54, 1.807) is 0 Å². The predicted molar refractivity (Wildman–Crippen MR) is 374 cm³/mol. The Hall–Kier alpha value is -11.6. The van der Waals surface area contributed by atoms with Crippen LogP contribution in [0.25, 0.3) is 116 Å². The van der Waals surface area contributed by atoms with Crippen LogP contribution >= 0.6 is 0 Å². The Morgan fingerprint density at radius 3 is 1.03 bits per heavy atom. The summed E-state index contributed by atoms with van der Waals surface area (Å²) in [5.41, 5.74) is 31.6. The molecule has 2 spiro atoms. The second-order valence-corrected chi connectivity index (χ2v) is 24.8. The fraction of sp³-hybridized carbons (Fsp3) is 0.0227. The first-order chi connectivity index (χ1) is 44.7. The van der Waals surface area contributed by atoms with Gasteiger partial charge in [-0.3, -0.25) is 0 Å². The standard InChI is InChI=1S/C88H54N2/c1-2-23-57(24-3-1)89(58-47-49-59(50-48-58)90-81-42-20-12-31-68(81)69-32-13-21-43-82(69)90)83-44-22-35-72-84(55-45-51-66-64-29-10-18-40-77(64)87(79(66)53-55)73-36-14-6-25-60(73)61-26-7-15-37-74(61)87)70-33-4-5-34-71(70)85(86(72)83)56-46-52-67-65-30-11-19-41-78(65)88(80(67)54-56)75-38-16-8-27-62(75)63-28-9-17-39-76(63)88/h1-54H. The van der Waals surface area contributed by atoms with Gasteiger partial charge in [0.25, 0.3) is 0 Å². The van der Waals surface area contributed by atoms with Crippen LogP contribution in [0.5, 0.6) is 0 Å². The third-order valence-corrected chi connectivity index (χ3v) is 20.8. The minimum Gasteiger partial charge on any atom is -0.310 e. The number of benzene rings is 15. The van der Waals surface area contributed by atoms with Gasteiger partial charge in [0.1, 0.15) is 0 Å². The zero-order chi connectivity index (χ0) is 58.8. The van der Waals surface area contributed by atoms with Crippen molar-refractivity contribution in [2.75, 3.05) is 4.90 Å². The van der Waals surface area contributed by atoms with Gasteiger partial charge in [-0.1, -0.05) is 261 Å². The lowest BCUT2D eigenvalue weighted by molar-refractivity contribution is 0.794. The summed E-state index contributed by atoms with van der Waals surface area (Å²) in [4.78, 5) is 2.51. The summed E-state index contributed by atoms with van der Waals surface area (Å²) in [5.74, 6) is 0. The fourth-order valence-corrected chi connectivity index (χ4v) is 17.5. The van der Waals surface area contributed by atoms with Crippen LogP contribution in [0.4, 0.5) is 17.1 Å². The van der Waals surface area contributed by atoms with Gasteiger partial charge in [0.2, 0.25) is 0 Å². The molecule has 0 aliphatic heterocycles. The summed E-state index contributed by atoms with van der Waals surface area (Å²) in [5, 5.41) is 7.29. The van der Waals surface area contributed by atoms with Crippen LogP contribution < -0.4 is 4.90 Å². The Balaban J connectivity index is 0.885. The van der Waals surface area contributed by atoms with Gasteiger partial charge >= 0.3 is 0 Å². The van der Waals surface area contributed by atoms with Crippen molar-refractivity contribution in [1.29, 1.82) is 0 Å². The van der Waals surface area contributed by atoms with Crippen molar-refractivity contribution in [3.05, 3.63) is 372 Å². The van der Waals surface area contributed by atoms with Gasteiger partial charge in [0.05, 0.1) is 27.6 Å². The maximum atomic E-state index is 2.59. The molecule has 16 aromatic rings. The molecule has 0 saturated carbocycles. The average molecular weight is 1140 g/mol. The maximum Gasteiger partial charge on any atom is 0.0725 e. The maximum absolute atomic E-state index is 2.59. The van der Waals surface area contributed by atoms with Gasteiger partial charge < -0.3 is 9.47 Å². The van der Waals surface area contributed by atoms with E-state index in [1.807, 2.05) is 0 Å². The lowest BCUT2D eigenvalue weighted by atomic mass is 9.70.